The topological polar surface area (TPSA) is 68.9 Å². The number of rotatable bonds is 10. The van der Waals surface area contributed by atoms with Gasteiger partial charge in [0.15, 0.2) is 0 Å². The van der Waals surface area contributed by atoms with Crippen molar-refractivity contribution in [1.29, 1.82) is 0 Å². The van der Waals surface area contributed by atoms with E-state index < -0.39 is 36.3 Å². The van der Waals surface area contributed by atoms with Crippen molar-refractivity contribution in [2.75, 3.05) is 118 Å². The fraction of sp³-hybridized carbons (Fsp3) is 1.00. The van der Waals surface area contributed by atoms with Crippen molar-refractivity contribution in [3.8, 4) is 0 Å². The molecule has 0 aromatic carbocycles. The van der Waals surface area contributed by atoms with Gasteiger partial charge in [0.05, 0.1) is 0 Å². The fourth-order valence-electron chi connectivity index (χ4n) is 2.81. The second-order valence-corrected chi connectivity index (χ2v) is 29.2. The van der Waals surface area contributed by atoms with E-state index in [9.17, 15) is 0 Å². The van der Waals surface area contributed by atoms with Gasteiger partial charge in [-0.3, -0.25) is 0 Å². The summed E-state index contributed by atoms with van der Waals surface area (Å²) in [6, 6.07) is 0. The number of hydrogen-bond acceptors (Lipinski definition) is 4. The molecule has 0 spiro atoms. The van der Waals surface area contributed by atoms with Crippen LogP contribution in [0.4, 0.5) is 0 Å². The molecule has 0 aromatic rings. The van der Waals surface area contributed by atoms with E-state index in [1.165, 1.54) is 0 Å². The van der Waals surface area contributed by atoms with Crippen LogP contribution in [0.2, 0.25) is 0 Å². The molecule has 0 aliphatic carbocycles. The van der Waals surface area contributed by atoms with Crippen molar-refractivity contribution in [2.45, 2.75) is 0 Å². The maximum absolute atomic E-state index is 7.33. The van der Waals surface area contributed by atoms with Crippen molar-refractivity contribution >= 4 is 47.6 Å². The first-order chi connectivity index (χ1) is 14.5. The van der Waals surface area contributed by atoms with Crippen LogP contribution in [0.1, 0.15) is 0 Å². The molecule has 10 nitrogen and oxygen atoms in total. The fourth-order valence-corrected chi connectivity index (χ4v) is 21.9. The van der Waals surface area contributed by atoms with Gasteiger partial charge in [-0.05, 0) is 0 Å². The van der Waals surface area contributed by atoms with Gasteiger partial charge in [0.2, 0.25) is 0 Å². The molecule has 0 aliphatic heterocycles. The van der Waals surface area contributed by atoms with Crippen molar-refractivity contribution in [1.82, 2.24) is 28.0 Å². The van der Waals surface area contributed by atoms with E-state index in [2.05, 4.69) is 108 Å². The van der Waals surface area contributed by atoms with Crippen LogP contribution in [0.15, 0.2) is 18.1 Å². The summed E-state index contributed by atoms with van der Waals surface area (Å²) in [5.74, 6) is 0. The SMILES string of the molecule is CN(C)P(C)(=N[PH](N=P(C)(C)C)(N=P(C)(N(C)C)N(C)C)N=P(Cl)(N(C)C)N(C)C)N(C)C. The van der Waals surface area contributed by atoms with Gasteiger partial charge >= 0.3 is 212 Å². The molecule has 0 atom stereocenters. The summed E-state index contributed by atoms with van der Waals surface area (Å²) in [5.41, 5.74) is 0. The minimum atomic E-state index is -3.40. The molecule has 0 radical (unpaired) electrons. The van der Waals surface area contributed by atoms with Gasteiger partial charge < -0.3 is 0 Å². The molecule has 16 heteroatoms. The summed E-state index contributed by atoms with van der Waals surface area (Å²) in [5, 5.41) is 0. The van der Waals surface area contributed by atoms with Crippen molar-refractivity contribution < 1.29 is 0 Å². The van der Waals surface area contributed by atoms with Crippen molar-refractivity contribution in [3.63, 3.8) is 0 Å². The molecule has 0 saturated carbocycles. The summed E-state index contributed by atoms with van der Waals surface area (Å²) in [6.07, 6.45) is 0. The van der Waals surface area contributed by atoms with E-state index >= 15 is 0 Å². The molecule has 0 saturated heterocycles. The molecule has 0 aromatic heterocycles. The first-order valence-corrected chi connectivity index (χ1v) is 22.3. The molecule has 0 N–H and O–H groups in total. The Morgan fingerprint density at radius 1 is 0.455 bits per heavy atom. The Morgan fingerprint density at radius 3 is 0.909 bits per heavy atom. The van der Waals surface area contributed by atoms with Gasteiger partial charge in [0, 0.05) is 0 Å². The molecule has 33 heavy (non-hydrogen) atoms. The Kier molecular flexibility index (Phi) is 12.8. The molecule has 0 amide bonds. The summed E-state index contributed by atoms with van der Waals surface area (Å²) < 4.78 is 35.0. The van der Waals surface area contributed by atoms with Gasteiger partial charge in [-0.25, -0.2) is 0 Å². The Hall–Kier alpha value is 1.40. The van der Waals surface area contributed by atoms with Gasteiger partial charge in [-0.15, -0.1) is 0 Å². The first kappa shape index (κ1) is 34.4. The van der Waals surface area contributed by atoms with Crippen LogP contribution in [0.25, 0.3) is 0 Å². The first-order valence-electron chi connectivity index (χ1n) is 10.7. The van der Waals surface area contributed by atoms with Gasteiger partial charge in [-0.2, -0.15) is 0 Å². The maximum atomic E-state index is 7.33. The summed E-state index contributed by atoms with van der Waals surface area (Å²) in [6.45, 7) is 8.44. The zero-order valence-corrected chi connectivity index (χ0v) is 29.5. The minimum absolute atomic E-state index is 1.69. The normalized spacial score (nSPS) is 15.3. The van der Waals surface area contributed by atoms with Gasteiger partial charge in [-0.1, -0.05) is 0 Å². The second kappa shape index (κ2) is 12.3. The molecule has 202 valence electrons. The zero-order valence-electron chi connectivity index (χ0n) is 24.1. The molecule has 0 bridgehead atoms. The molecule has 0 heterocycles. The number of halogens is 1. The second-order valence-electron chi connectivity index (χ2n) is 10.3. The van der Waals surface area contributed by atoms with Crippen LogP contribution < -0.4 is 0 Å². The Morgan fingerprint density at radius 2 is 0.727 bits per heavy atom. The van der Waals surface area contributed by atoms with Crippen molar-refractivity contribution in [3.05, 3.63) is 0 Å². The van der Waals surface area contributed by atoms with Crippen LogP contribution in [0, 0.1) is 0 Å². The average Bonchev–Trinajstić information content (AvgIpc) is 2.58. The van der Waals surface area contributed by atoms with E-state index in [-0.39, 0.29) is 0 Å². The van der Waals surface area contributed by atoms with E-state index in [0.29, 0.717) is 0 Å². The molecule has 0 rings (SSSR count). The van der Waals surface area contributed by atoms with Crippen LogP contribution in [0.3, 0.4) is 0 Å². The molecule has 0 unspecified atom stereocenters. The van der Waals surface area contributed by atoms with Crippen LogP contribution in [-0.2, 0) is 0 Å². The van der Waals surface area contributed by atoms with Gasteiger partial charge in [0.25, 0.3) is 0 Å². The summed E-state index contributed by atoms with van der Waals surface area (Å²) in [4.78, 5) is 0. The Bertz CT molecular complexity index is 751. The third-order valence-electron chi connectivity index (χ3n) is 5.39. The average molecular weight is 587 g/mol. The van der Waals surface area contributed by atoms with Crippen LogP contribution in [0.5, 0.6) is 0 Å². The quantitative estimate of drug-likeness (QED) is 0.277. The van der Waals surface area contributed by atoms with Crippen molar-refractivity contribution in [2.24, 2.45) is 18.1 Å². The number of nitrogens with zero attached hydrogens (tertiary/aromatic N) is 10. The van der Waals surface area contributed by atoms with Crippen LogP contribution in [-0.4, -0.2) is 146 Å². The van der Waals surface area contributed by atoms with E-state index in [1.807, 2.05) is 37.5 Å². The van der Waals surface area contributed by atoms with E-state index in [4.69, 9.17) is 29.3 Å². The third-order valence-corrected chi connectivity index (χ3v) is 26.7. The molecule has 0 aliphatic rings. The Labute approximate surface area is 211 Å². The molecular weight excluding hydrogens is 535 g/mol. The monoisotopic (exact) mass is 586 g/mol. The van der Waals surface area contributed by atoms with Gasteiger partial charge in [0.1, 0.15) is 0 Å². The van der Waals surface area contributed by atoms with E-state index in [1.54, 1.807) is 0 Å². The molecular formula is C17H52ClN10P5. The molecule has 0 fully saturated rings. The summed E-state index contributed by atoms with van der Waals surface area (Å²) >= 11 is 7.33. The summed E-state index contributed by atoms with van der Waals surface area (Å²) in [7, 11) is 15.2. The number of hydrogen-bond donors (Lipinski definition) is 0. The van der Waals surface area contributed by atoms with Crippen LogP contribution >= 0.6 is 47.6 Å². The predicted octanol–water partition coefficient (Wildman–Crippen LogP) is 6.36. The predicted molar refractivity (Wildman–Crippen MR) is 163 cm³/mol. The zero-order chi connectivity index (χ0) is 26.8. The standard InChI is InChI=1S/C17H52ClN10P5/c1-23(2)30(16,24(3)4)20-33(19-29(13,14)15,21-31(17,25(5)6)26(7)8)22-32(18,27(9)10)28(11)12/h33H,1-17H3. The van der Waals surface area contributed by atoms with E-state index in [0.717, 1.165) is 0 Å². The third kappa shape index (κ3) is 8.74. The Balaban J connectivity index is 8.42.